The first kappa shape index (κ1) is 17.1. The fourth-order valence-electron chi connectivity index (χ4n) is 4.71. The molecule has 0 saturated carbocycles. The molecule has 2 atom stereocenters. The van der Waals surface area contributed by atoms with Crippen LogP contribution in [0.3, 0.4) is 0 Å². The average Bonchev–Trinajstić information content (AvgIpc) is 2.93. The maximum absolute atomic E-state index is 11.6. The summed E-state index contributed by atoms with van der Waals surface area (Å²) in [6.45, 7) is 1.82. The number of amides is 1. The molecular weight excluding hydrogens is 324 g/mol. The van der Waals surface area contributed by atoms with Gasteiger partial charge in [0, 0.05) is 31.2 Å². The van der Waals surface area contributed by atoms with Gasteiger partial charge in [0.1, 0.15) is 0 Å². The lowest BCUT2D eigenvalue weighted by Crippen LogP contribution is -2.51. The molecule has 2 fully saturated rings. The molecule has 1 amide bonds. The molecule has 26 heavy (non-hydrogen) atoms. The lowest BCUT2D eigenvalue weighted by atomic mass is 9.95. The third-order valence-electron chi connectivity index (χ3n) is 5.90. The first-order valence-electron chi connectivity index (χ1n) is 9.54. The van der Waals surface area contributed by atoms with E-state index in [4.69, 9.17) is 0 Å². The number of fused-ring (bicyclic) bond motifs is 2. The monoisotopic (exact) mass is 350 g/mol. The molecular formula is C22H26N2O2. The molecule has 0 aromatic heterocycles. The van der Waals surface area contributed by atoms with Gasteiger partial charge in [-0.3, -0.25) is 4.90 Å². The van der Waals surface area contributed by atoms with Crippen LogP contribution in [0.4, 0.5) is 4.79 Å². The minimum atomic E-state index is -0.742. The van der Waals surface area contributed by atoms with Crippen LogP contribution < -0.4 is 0 Å². The Balaban J connectivity index is 1.54. The molecule has 2 aromatic carbocycles. The Morgan fingerprint density at radius 3 is 1.77 bits per heavy atom. The molecule has 2 aromatic rings. The van der Waals surface area contributed by atoms with Crippen molar-refractivity contribution in [2.75, 3.05) is 0 Å². The second-order valence-electron chi connectivity index (χ2n) is 7.58. The van der Waals surface area contributed by atoms with E-state index in [1.807, 2.05) is 0 Å². The van der Waals surface area contributed by atoms with Crippen LogP contribution in [-0.4, -0.2) is 39.1 Å². The number of piperidine rings is 1. The van der Waals surface area contributed by atoms with E-state index < -0.39 is 6.09 Å². The molecule has 2 heterocycles. The van der Waals surface area contributed by atoms with Crippen molar-refractivity contribution >= 4 is 6.09 Å². The highest BCUT2D eigenvalue weighted by atomic mass is 16.4. The van der Waals surface area contributed by atoms with Crippen LogP contribution in [0.15, 0.2) is 60.7 Å². The van der Waals surface area contributed by atoms with Gasteiger partial charge in [-0.15, -0.1) is 0 Å². The minimum absolute atomic E-state index is 0.185. The third-order valence-corrected chi connectivity index (χ3v) is 5.90. The summed E-state index contributed by atoms with van der Waals surface area (Å²) >= 11 is 0. The molecule has 2 bridgehead atoms. The molecule has 1 N–H and O–H groups in total. The Kier molecular flexibility index (Phi) is 4.93. The smallest absolute Gasteiger partial charge is 0.407 e. The number of carbonyl (C=O) groups is 1. The van der Waals surface area contributed by atoms with E-state index in [0.29, 0.717) is 6.04 Å². The van der Waals surface area contributed by atoms with Gasteiger partial charge in [0.2, 0.25) is 0 Å². The first-order valence-corrected chi connectivity index (χ1v) is 9.54. The molecule has 2 saturated heterocycles. The van der Waals surface area contributed by atoms with E-state index in [2.05, 4.69) is 65.6 Å². The predicted octanol–water partition coefficient (Wildman–Crippen LogP) is 4.36. The SMILES string of the molecule is O=C(O)N1C2CCC1CC(N(Cc1ccccc1)Cc1ccccc1)C2. The van der Waals surface area contributed by atoms with Crippen molar-refractivity contribution in [1.29, 1.82) is 0 Å². The Labute approximate surface area is 155 Å². The highest BCUT2D eigenvalue weighted by molar-refractivity contribution is 5.66. The Morgan fingerprint density at radius 1 is 0.885 bits per heavy atom. The van der Waals surface area contributed by atoms with Crippen molar-refractivity contribution in [3.05, 3.63) is 71.8 Å². The van der Waals surface area contributed by atoms with Gasteiger partial charge >= 0.3 is 6.09 Å². The van der Waals surface area contributed by atoms with Gasteiger partial charge in [0.05, 0.1) is 0 Å². The largest absolute Gasteiger partial charge is 0.465 e. The van der Waals surface area contributed by atoms with Gasteiger partial charge in [0.25, 0.3) is 0 Å². The Bertz CT molecular complexity index is 679. The number of hydrogen-bond donors (Lipinski definition) is 1. The van der Waals surface area contributed by atoms with Gasteiger partial charge in [-0.05, 0) is 36.8 Å². The Hall–Kier alpha value is -2.33. The summed E-state index contributed by atoms with van der Waals surface area (Å²) < 4.78 is 0. The number of nitrogens with zero attached hydrogens (tertiary/aromatic N) is 2. The lowest BCUT2D eigenvalue weighted by molar-refractivity contribution is 0.0501. The quantitative estimate of drug-likeness (QED) is 0.871. The van der Waals surface area contributed by atoms with Crippen molar-refractivity contribution in [2.45, 2.75) is 56.9 Å². The van der Waals surface area contributed by atoms with Crippen LogP contribution in [0.5, 0.6) is 0 Å². The second kappa shape index (κ2) is 7.50. The minimum Gasteiger partial charge on any atom is -0.465 e. The van der Waals surface area contributed by atoms with Crippen molar-refractivity contribution in [3.63, 3.8) is 0 Å². The maximum atomic E-state index is 11.6. The zero-order chi connectivity index (χ0) is 17.9. The van der Waals surface area contributed by atoms with Gasteiger partial charge in [-0.25, -0.2) is 4.79 Å². The summed E-state index contributed by atoms with van der Waals surface area (Å²) in [6, 6.07) is 22.0. The molecule has 2 aliphatic heterocycles. The predicted molar refractivity (Wildman–Crippen MR) is 102 cm³/mol. The highest BCUT2D eigenvalue weighted by Gasteiger charge is 2.44. The highest BCUT2D eigenvalue weighted by Crippen LogP contribution is 2.38. The van der Waals surface area contributed by atoms with Crippen LogP contribution in [-0.2, 0) is 13.1 Å². The standard InChI is InChI=1S/C22H26N2O2/c25-22(26)24-19-11-12-20(24)14-21(13-19)23(15-17-7-3-1-4-8-17)16-18-9-5-2-6-10-18/h1-10,19-21H,11-16H2,(H,25,26). The number of benzene rings is 2. The van der Waals surface area contributed by atoms with Crippen LogP contribution in [0.1, 0.15) is 36.8 Å². The van der Waals surface area contributed by atoms with E-state index in [1.165, 1.54) is 11.1 Å². The molecule has 0 spiro atoms. The third kappa shape index (κ3) is 3.61. The van der Waals surface area contributed by atoms with E-state index in [1.54, 1.807) is 4.90 Å². The van der Waals surface area contributed by atoms with E-state index >= 15 is 0 Å². The molecule has 2 unspecified atom stereocenters. The summed E-state index contributed by atoms with van der Waals surface area (Å²) in [7, 11) is 0. The topological polar surface area (TPSA) is 43.8 Å². The molecule has 0 radical (unpaired) electrons. The fourth-order valence-corrected chi connectivity index (χ4v) is 4.71. The second-order valence-corrected chi connectivity index (χ2v) is 7.58. The summed E-state index contributed by atoms with van der Waals surface area (Å²) in [4.78, 5) is 15.9. The fraction of sp³-hybridized carbons (Fsp3) is 0.409. The van der Waals surface area contributed by atoms with Crippen molar-refractivity contribution < 1.29 is 9.90 Å². The van der Waals surface area contributed by atoms with E-state index in [0.717, 1.165) is 38.8 Å². The maximum Gasteiger partial charge on any atom is 0.407 e. The first-order chi connectivity index (χ1) is 12.7. The van der Waals surface area contributed by atoms with E-state index in [-0.39, 0.29) is 12.1 Å². The zero-order valence-electron chi connectivity index (χ0n) is 15.0. The average molecular weight is 350 g/mol. The van der Waals surface area contributed by atoms with Crippen LogP contribution in [0.2, 0.25) is 0 Å². The van der Waals surface area contributed by atoms with E-state index in [9.17, 15) is 9.90 Å². The summed E-state index contributed by atoms with van der Waals surface area (Å²) in [5, 5.41) is 9.53. The number of hydrogen-bond acceptors (Lipinski definition) is 2. The zero-order valence-corrected chi connectivity index (χ0v) is 15.0. The summed E-state index contributed by atoms with van der Waals surface area (Å²) in [5.74, 6) is 0. The van der Waals surface area contributed by atoms with Gasteiger partial charge < -0.3 is 10.0 Å². The summed E-state index contributed by atoms with van der Waals surface area (Å²) in [5.41, 5.74) is 2.63. The molecule has 4 rings (SSSR count). The lowest BCUT2D eigenvalue weighted by Gasteiger charge is -2.42. The van der Waals surface area contributed by atoms with Crippen molar-refractivity contribution in [1.82, 2.24) is 9.80 Å². The molecule has 136 valence electrons. The van der Waals surface area contributed by atoms with Crippen molar-refractivity contribution in [2.24, 2.45) is 0 Å². The molecule has 4 nitrogen and oxygen atoms in total. The van der Waals surface area contributed by atoms with Gasteiger partial charge in [0.15, 0.2) is 0 Å². The van der Waals surface area contributed by atoms with Crippen LogP contribution >= 0.6 is 0 Å². The van der Waals surface area contributed by atoms with Crippen LogP contribution in [0, 0.1) is 0 Å². The van der Waals surface area contributed by atoms with Gasteiger partial charge in [-0.1, -0.05) is 60.7 Å². The van der Waals surface area contributed by atoms with Crippen molar-refractivity contribution in [3.8, 4) is 0 Å². The molecule has 4 heteroatoms. The number of rotatable bonds is 5. The molecule has 2 aliphatic rings. The Morgan fingerprint density at radius 2 is 1.35 bits per heavy atom. The van der Waals surface area contributed by atoms with Crippen LogP contribution in [0.25, 0.3) is 0 Å². The number of carboxylic acid groups (broad SMARTS) is 1. The van der Waals surface area contributed by atoms with Gasteiger partial charge in [-0.2, -0.15) is 0 Å². The molecule has 0 aliphatic carbocycles. The normalized spacial score (nSPS) is 24.8. The summed E-state index contributed by atoms with van der Waals surface area (Å²) in [6.07, 6.45) is 3.18.